The first kappa shape index (κ1) is 13.1. The summed E-state index contributed by atoms with van der Waals surface area (Å²) in [6, 6.07) is 4.34. The van der Waals surface area contributed by atoms with Gasteiger partial charge in [0.05, 0.1) is 20.3 Å². The summed E-state index contributed by atoms with van der Waals surface area (Å²) >= 11 is 0. The van der Waals surface area contributed by atoms with Crippen LogP contribution in [0.2, 0.25) is 0 Å². The van der Waals surface area contributed by atoms with Crippen LogP contribution in [0, 0.1) is 11.8 Å². The van der Waals surface area contributed by atoms with Crippen molar-refractivity contribution in [2.24, 2.45) is 11.8 Å². The van der Waals surface area contributed by atoms with Crippen LogP contribution < -0.4 is 9.47 Å². The Labute approximate surface area is 136 Å². The van der Waals surface area contributed by atoms with E-state index in [0.29, 0.717) is 19.1 Å². The monoisotopic (exact) mass is 314 g/mol. The van der Waals surface area contributed by atoms with Gasteiger partial charge in [0, 0.05) is 17.4 Å². The van der Waals surface area contributed by atoms with Gasteiger partial charge in [0.15, 0.2) is 17.6 Å². The minimum Gasteiger partial charge on any atom is -0.493 e. The van der Waals surface area contributed by atoms with E-state index in [1.807, 2.05) is 0 Å². The van der Waals surface area contributed by atoms with Crippen molar-refractivity contribution in [2.45, 2.75) is 49.4 Å². The molecule has 1 aromatic rings. The molecule has 1 saturated heterocycles. The summed E-state index contributed by atoms with van der Waals surface area (Å²) in [6.45, 7) is 1.37. The summed E-state index contributed by atoms with van der Waals surface area (Å²) in [6.07, 6.45) is 5.86. The highest BCUT2D eigenvalue weighted by Gasteiger charge is 2.71. The topological polar surface area (TPSA) is 36.9 Å². The van der Waals surface area contributed by atoms with E-state index in [0.717, 1.165) is 23.8 Å². The lowest BCUT2D eigenvalue weighted by Crippen LogP contribution is -2.62. The van der Waals surface area contributed by atoms with Crippen LogP contribution in [-0.4, -0.2) is 32.2 Å². The molecule has 5 aliphatic rings. The van der Waals surface area contributed by atoms with Crippen molar-refractivity contribution in [3.05, 3.63) is 23.3 Å². The number of ether oxygens (including phenoxy) is 4. The summed E-state index contributed by atoms with van der Waals surface area (Å²) in [5.41, 5.74) is 2.99. The minimum absolute atomic E-state index is 0.00778. The Morgan fingerprint density at radius 1 is 1.13 bits per heavy atom. The zero-order chi connectivity index (χ0) is 15.2. The van der Waals surface area contributed by atoms with E-state index in [9.17, 15) is 0 Å². The number of benzene rings is 1. The lowest BCUT2D eigenvalue weighted by molar-refractivity contribution is -0.249. The average molecular weight is 314 g/mol. The van der Waals surface area contributed by atoms with Crippen LogP contribution in [0.4, 0.5) is 0 Å². The number of hydrogen-bond donors (Lipinski definition) is 0. The molecule has 122 valence electrons. The third-order valence-electron chi connectivity index (χ3n) is 7.22. The maximum atomic E-state index is 6.61. The molecule has 2 spiro atoms. The van der Waals surface area contributed by atoms with Gasteiger partial charge in [-0.1, -0.05) is 6.07 Å². The Morgan fingerprint density at radius 3 is 2.83 bits per heavy atom. The molecule has 4 nitrogen and oxygen atoms in total. The molecular weight excluding hydrogens is 292 g/mol. The number of methoxy groups -OCH3 is 1. The molecule has 0 radical (unpaired) electrons. The van der Waals surface area contributed by atoms with Gasteiger partial charge in [0.25, 0.3) is 0 Å². The predicted molar refractivity (Wildman–Crippen MR) is 82.9 cm³/mol. The fourth-order valence-corrected chi connectivity index (χ4v) is 6.54. The van der Waals surface area contributed by atoms with E-state index in [1.54, 1.807) is 7.11 Å². The van der Waals surface area contributed by atoms with Crippen molar-refractivity contribution in [3.8, 4) is 11.5 Å². The van der Waals surface area contributed by atoms with Crippen LogP contribution >= 0.6 is 0 Å². The molecule has 4 atom stereocenters. The Kier molecular flexibility index (Phi) is 2.30. The zero-order valence-electron chi connectivity index (χ0n) is 13.5. The summed E-state index contributed by atoms with van der Waals surface area (Å²) in [5.74, 6) is 2.81. The second kappa shape index (κ2) is 4.04. The summed E-state index contributed by atoms with van der Waals surface area (Å²) < 4.78 is 24.6. The first-order valence-electron chi connectivity index (χ1n) is 8.93. The molecule has 1 aromatic carbocycles. The lowest BCUT2D eigenvalue weighted by Gasteiger charge is -2.51. The van der Waals surface area contributed by atoms with Crippen LogP contribution in [0.15, 0.2) is 12.1 Å². The molecule has 2 bridgehead atoms. The Bertz CT molecular complexity index is 693. The highest BCUT2D eigenvalue weighted by Crippen LogP contribution is 2.69. The molecule has 6 rings (SSSR count). The summed E-state index contributed by atoms with van der Waals surface area (Å²) in [5, 5.41) is 0. The van der Waals surface area contributed by atoms with Gasteiger partial charge in [-0.3, -0.25) is 0 Å². The summed E-state index contributed by atoms with van der Waals surface area (Å²) in [4.78, 5) is 0. The molecule has 3 aliphatic carbocycles. The third kappa shape index (κ3) is 1.30. The second-order valence-electron chi connectivity index (χ2n) is 7.83. The van der Waals surface area contributed by atoms with Gasteiger partial charge in [-0.25, -0.2) is 0 Å². The molecule has 0 N–H and O–H groups in total. The molecule has 2 saturated carbocycles. The molecule has 2 aliphatic heterocycles. The van der Waals surface area contributed by atoms with Crippen molar-refractivity contribution >= 4 is 0 Å². The minimum atomic E-state index is -0.538. The maximum absolute atomic E-state index is 6.61. The predicted octanol–water partition coefficient (Wildman–Crippen LogP) is 2.81. The van der Waals surface area contributed by atoms with Crippen molar-refractivity contribution in [2.75, 3.05) is 20.3 Å². The van der Waals surface area contributed by atoms with Crippen LogP contribution in [0.25, 0.3) is 0 Å². The van der Waals surface area contributed by atoms with Gasteiger partial charge in [0.1, 0.15) is 0 Å². The van der Waals surface area contributed by atoms with E-state index in [2.05, 4.69) is 12.1 Å². The van der Waals surface area contributed by atoms with Crippen LogP contribution in [0.3, 0.4) is 0 Å². The van der Waals surface area contributed by atoms with Crippen molar-refractivity contribution in [1.82, 2.24) is 0 Å². The van der Waals surface area contributed by atoms with Gasteiger partial charge in [-0.05, 0) is 49.1 Å². The molecule has 2 heterocycles. The maximum Gasteiger partial charge on any atom is 0.206 e. The van der Waals surface area contributed by atoms with Crippen LogP contribution in [0.1, 0.15) is 36.8 Å². The number of hydrogen-bond acceptors (Lipinski definition) is 4. The number of fused-ring (bicyclic) bond motifs is 1. The molecular formula is C19H22O4. The SMILES string of the molecule is COc1ccc2c3c1O[C@H]1C4(CC[C@H]5[C@H](CC[C@@]351)C2)OCCO4. The van der Waals surface area contributed by atoms with Crippen molar-refractivity contribution in [1.29, 1.82) is 0 Å². The number of rotatable bonds is 1. The van der Waals surface area contributed by atoms with Crippen molar-refractivity contribution < 1.29 is 18.9 Å². The Hall–Kier alpha value is -1.26. The van der Waals surface area contributed by atoms with Gasteiger partial charge >= 0.3 is 0 Å². The molecule has 0 aromatic heterocycles. The first-order valence-corrected chi connectivity index (χ1v) is 8.93. The fraction of sp³-hybridized carbons (Fsp3) is 0.684. The van der Waals surface area contributed by atoms with E-state index in [4.69, 9.17) is 18.9 Å². The van der Waals surface area contributed by atoms with E-state index >= 15 is 0 Å². The highest BCUT2D eigenvalue weighted by molar-refractivity contribution is 5.61. The second-order valence-corrected chi connectivity index (χ2v) is 7.83. The third-order valence-corrected chi connectivity index (χ3v) is 7.22. The van der Waals surface area contributed by atoms with Gasteiger partial charge in [-0.15, -0.1) is 0 Å². The van der Waals surface area contributed by atoms with E-state index in [-0.39, 0.29) is 11.5 Å². The quantitative estimate of drug-likeness (QED) is 0.799. The Morgan fingerprint density at radius 2 is 2.00 bits per heavy atom. The lowest BCUT2D eigenvalue weighted by atomic mass is 9.56. The normalized spacial score (nSPS) is 41.0. The standard InChI is InChI=1S/C19H22O4/c1-20-14-3-2-12-10-11-4-6-18-13(11)5-7-19(21-8-9-22-19)17(18)23-16(14)15(12)18/h2-3,11,13,17H,4-10H2,1H3/t11-,13+,17-,18+/m1/s1. The summed E-state index contributed by atoms with van der Waals surface area (Å²) in [7, 11) is 1.73. The molecule has 3 fully saturated rings. The van der Waals surface area contributed by atoms with Crippen LogP contribution in [0.5, 0.6) is 11.5 Å². The van der Waals surface area contributed by atoms with E-state index in [1.165, 1.54) is 36.8 Å². The van der Waals surface area contributed by atoms with Crippen molar-refractivity contribution in [3.63, 3.8) is 0 Å². The first-order chi connectivity index (χ1) is 11.3. The van der Waals surface area contributed by atoms with E-state index < -0.39 is 5.79 Å². The molecule has 4 heteroatoms. The molecule has 0 amide bonds. The smallest absolute Gasteiger partial charge is 0.206 e. The highest BCUT2D eigenvalue weighted by atomic mass is 16.8. The zero-order valence-corrected chi connectivity index (χ0v) is 13.5. The molecule has 23 heavy (non-hydrogen) atoms. The van der Waals surface area contributed by atoms with Gasteiger partial charge < -0.3 is 18.9 Å². The van der Waals surface area contributed by atoms with Gasteiger partial charge in [-0.2, -0.15) is 0 Å². The van der Waals surface area contributed by atoms with Gasteiger partial charge in [0.2, 0.25) is 5.79 Å². The largest absolute Gasteiger partial charge is 0.493 e. The Balaban J connectivity index is 1.63. The fourth-order valence-electron chi connectivity index (χ4n) is 6.54. The van der Waals surface area contributed by atoms with Crippen LogP contribution in [-0.2, 0) is 21.3 Å². The average Bonchev–Trinajstić information content (AvgIpc) is 3.24. The molecule has 0 unspecified atom stereocenters.